The maximum atomic E-state index is 10.1. The molecule has 0 aromatic carbocycles. The molecule has 0 bridgehead atoms. The second kappa shape index (κ2) is 5.86. The van der Waals surface area contributed by atoms with Gasteiger partial charge >= 0.3 is 0 Å². The molecule has 3 heteroatoms. The molecule has 0 aromatic heterocycles. The van der Waals surface area contributed by atoms with E-state index in [9.17, 15) is 4.79 Å². The first-order valence-electron chi connectivity index (χ1n) is 2.33. The van der Waals surface area contributed by atoms with Crippen LogP contribution >= 0.6 is 0 Å². The molecular weight excluding hydrogens is 179 g/mol. The minimum Gasteiger partial charge on any atom is -0.675 e. The van der Waals surface area contributed by atoms with Crippen molar-refractivity contribution in [3.05, 3.63) is 5.73 Å². The molecule has 0 fully saturated rings. The molecule has 0 saturated heterocycles. The summed E-state index contributed by atoms with van der Waals surface area (Å²) in [5.41, 5.74) is 6.89. The summed E-state index contributed by atoms with van der Waals surface area (Å²) in [6.07, 6.45) is 0.389. The van der Waals surface area contributed by atoms with E-state index in [1.54, 1.807) is 6.92 Å². The van der Waals surface area contributed by atoms with E-state index >= 15 is 0 Å². The first-order valence-corrected chi connectivity index (χ1v) is 2.33. The first-order chi connectivity index (χ1) is 3.13. The van der Waals surface area contributed by atoms with Crippen LogP contribution in [0.2, 0.25) is 0 Å². The average molecular weight is 189 g/mol. The average Bonchev–Trinajstić information content (AvgIpc) is 1.27. The number of carbonyl (C=O) groups is 1. The summed E-state index contributed by atoms with van der Waals surface area (Å²) in [7, 11) is 0. The van der Waals surface area contributed by atoms with Gasteiger partial charge in [0.1, 0.15) is 5.78 Å². The van der Waals surface area contributed by atoms with Gasteiger partial charge in [0, 0.05) is 32.7 Å². The van der Waals surface area contributed by atoms with Gasteiger partial charge in [-0.15, -0.1) is 6.04 Å². The van der Waals surface area contributed by atoms with Crippen LogP contribution in [0.5, 0.6) is 0 Å². The summed E-state index contributed by atoms with van der Waals surface area (Å²) < 4.78 is 0. The van der Waals surface area contributed by atoms with E-state index < -0.39 is 0 Å². The van der Waals surface area contributed by atoms with Crippen molar-refractivity contribution in [2.24, 2.45) is 0 Å². The van der Waals surface area contributed by atoms with E-state index in [1.165, 1.54) is 6.92 Å². The van der Waals surface area contributed by atoms with Crippen molar-refractivity contribution in [1.82, 2.24) is 0 Å². The fraction of sp³-hybridized carbons (Fsp3) is 0.800. The van der Waals surface area contributed by atoms with Crippen molar-refractivity contribution in [2.75, 3.05) is 0 Å². The smallest absolute Gasteiger partial charge is 0.128 e. The van der Waals surface area contributed by atoms with Crippen LogP contribution < -0.4 is 0 Å². The molecule has 0 rings (SSSR count). The van der Waals surface area contributed by atoms with Gasteiger partial charge < -0.3 is 10.5 Å². The molecule has 1 unspecified atom stereocenters. The molecule has 0 spiro atoms. The SMILES string of the molecule is CC(=O)CC(C)[NH-].[Y]. The zero-order valence-corrected chi connectivity index (χ0v) is 8.11. The number of Topliss-reactive ketones (excluding diaryl/α,β-unsaturated/α-hetero) is 1. The van der Waals surface area contributed by atoms with Gasteiger partial charge in [0.05, 0.1) is 0 Å². The third-order valence-corrected chi connectivity index (χ3v) is 0.594. The predicted molar refractivity (Wildman–Crippen MR) is 29.1 cm³/mol. The molecule has 1 N–H and O–H groups in total. The summed E-state index contributed by atoms with van der Waals surface area (Å²) >= 11 is 0. The Bertz CT molecular complexity index is 72.8. The number of hydrogen-bond donors (Lipinski definition) is 0. The van der Waals surface area contributed by atoms with Gasteiger partial charge in [0.25, 0.3) is 0 Å². The quantitative estimate of drug-likeness (QED) is 0.647. The second-order valence-corrected chi connectivity index (χ2v) is 1.81. The number of rotatable bonds is 2. The van der Waals surface area contributed by atoms with E-state index in [0.717, 1.165) is 0 Å². The Kier molecular flexibility index (Phi) is 8.44. The molecule has 0 aliphatic heterocycles. The Morgan fingerprint density at radius 2 is 2.12 bits per heavy atom. The molecule has 0 aromatic rings. The second-order valence-electron chi connectivity index (χ2n) is 1.81. The number of carbonyl (C=O) groups excluding carboxylic acids is 1. The Morgan fingerprint density at radius 3 is 2.12 bits per heavy atom. The predicted octanol–water partition coefficient (Wildman–Crippen LogP) is 1.40. The van der Waals surface area contributed by atoms with Crippen LogP contribution in [-0.4, -0.2) is 11.8 Å². The van der Waals surface area contributed by atoms with E-state index in [0.29, 0.717) is 6.42 Å². The normalized spacial score (nSPS) is 11.9. The molecule has 0 aliphatic carbocycles. The molecule has 1 radical (unpaired) electrons. The van der Waals surface area contributed by atoms with Crippen molar-refractivity contribution in [3.63, 3.8) is 0 Å². The van der Waals surface area contributed by atoms with Crippen LogP contribution in [-0.2, 0) is 37.5 Å². The summed E-state index contributed by atoms with van der Waals surface area (Å²) in [5.74, 6) is 0.0995. The standard InChI is InChI=1S/C5H10NO.Y/c1-4(6)3-5(2)7;/h4,6H,3H2,1-2H3;/q-1;. The van der Waals surface area contributed by atoms with Crippen LogP contribution in [0.3, 0.4) is 0 Å². The van der Waals surface area contributed by atoms with Gasteiger partial charge in [-0.2, -0.15) is 0 Å². The van der Waals surface area contributed by atoms with E-state index in [-0.39, 0.29) is 44.5 Å². The third-order valence-electron chi connectivity index (χ3n) is 0.594. The topological polar surface area (TPSA) is 40.9 Å². The Hall–Kier alpha value is 0.734. The van der Waals surface area contributed by atoms with Crippen LogP contribution in [0.15, 0.2) is 0 Å². The van der Waals surface area contributed by atoms with Crippen molar-refractivity contribution < 1.29 is 37.5 Å². The molecule has 2 nitrogen and oxygen atoms in total. The van der Waals surface area contributed by atoms with Gasteiger partial charge in [-0.25, -0.2) is 0 Å². The van der Waals surface area contributed by atoms with Crippen LogP contribution in [0, 0.1) is 0 Å². The molecular formula is C5H10NOY-. The Morgan fingerprint density at radius 1 is 1.75 bits per heavy atom. The molecule has 1 atom stereocenters. The zero-order chi connectivity index (χ0) is 5.86. The molecule has 0 aliphatic rings. The summed E-state index contributed by atoms with van der Waals surface area (Å²) in [6.45, 7) is 3.21. The van der Waals surface area contributed by atoms with Gasteiger partial charge in [-0.05, 0) is 13.3 Å². The fourth-order valence-electron chi connectivity index (χ4n) is 0.431. The molecule has 0 amide bonds. The van der Waals surface area contributed by atoms with Gasteiger partial charge in [-0.1, -0.05) is 6.92 Å². The molecule has 8 heavy (non-hydrogen) atoms. The Balaban J connectivity index is 0. The number of hydrogen-bond acceptors (Lipinski definition) is 1. The monoisotopic (exact) mass is 189 g/mol. The van der Waals surface area contributed by atoms with Crippen molar-refractivity contribution in [1.29, 1.82) is 0 Å². The molecule has 45 valence electrons. The van der Waals surface area contributed by atoms with Crippen molar-refractivity contribution in [3.8, 4) is 0 Å². The maximum Gasteiger partial charge on any atom is 0.128 e. The Labute approximate surface area is 75.1 Å². The third kappa shape index (κ3) is 9.88. The molecule has 0 heterocycles. The van der Waals surface area contributed by atoms with Gasteiger partial charge in [0.15, 0.2) is 0 Å². The minimum atomic E-state index is -0.225. The largest absolute Gasteiger partial charge is 0.675 e. The first kappa shape index (κ1) is 11.5. The fourth-order valence-corrected chi connectivity index (χ4v) is 0.431. The van der Waals surface area contributed by atoms with Crippen LogP contribution in [0.4, 0.5) is 0 Å². The van der Waals surface area contributed by atoms with Crippen molar-refractivity contribution >= 4 is 5.78 Å². The summed E-state index contributed by atoms with van der Waals surface area (Å²) in [6, 6.07) is -0.225. The minimum absolute atomic E-state index is 0. The molecule has 0 saturated carbocycles. The van der Waals surface area contributed by atoms with Gasteiger partial charge in [0.2, 0.25) is 0 Å². The van der Waals surface area contributed by atoms with Gasteiger partial charge in [-0.3, -0.25) is 0 Å². The zero-order valence-electron chi connectivity index (χ0n) is 5.27. The van der Waals surface area contributed by atoms with Crippen LogP contribution in [0.25, 0.3) is 5.73 Å². The van der Waals surface area contributed by atoms with Crippen LogP contribution in [0.1, 0.15) is 20.3 Å². The maximum absolute atomic E-state index is 10.1. The van der Waals surface area contributed by atoms with E-state index in [2.05, 4.69) is 0 Å². The number of ketones is 1. The summed E-state index contributed by atoms with van der Waals surface area (Å²) in [4.78, 5) is 10.1. The number of nitrogens with one attached hydrogen (secondary N) is 1. The summed E-state index contributed by atoms with van der Waals surface area (Å²) in [5, 5.41) is 0. The van der Waals surface area contributed by atoms with Crippen molar-refractivity contribution in [2.45, 2.75) is 26.3 Å². The van der Waals surface area contributed by atoms with E-state index in [1.807, 2.05) is 0 Å². The van der Waals surface area contributed by atoms with E-state index in [4.69, 9.17) is 5.73 Å².